The quantitative estimate of drug-likeness (QED) is 0.672. The van der Waals surface area contributed by atoms with Crippen molar-refractivity contribution >= 4 is 44.0 Å². The van der Waals surface area contributed by atoms with Crippen LogP contribution in [-0.2, 0) is 6.54 Å². The van der Waals surface area contributed by atoms with E-state index in [1.54, 1.807) is 0 Å². The highest BCUT2D eigenvalue weighted by Crippen LogP contribution is 2.32. The summed E-state index contributed by atoms with van der Waals surface area (Å²) in [6.07, 6.45) is 3.65. The number of hydrogen-bond donors (Lipinski definition) is 1. The lowest BCUT2D eigenvalue weighted by atomic mass is 10.1. The van der Waals surface area contributed by atoms with Crippen molar-refractivity contribution in [2.24, 2.45) is 0 Å². The van der Waals surface area contributed by atoms with Gasteiger partial charge in [0.2, 0.25) is 0 Å². The van der Waals surface area contributed by atoms with Gasteiger partial charge in [0, 0.05) is 28.8 Å². The van der Waals surface area contributed by atoms with E-state index in [0.717, 1.165) is 16.3 Å². The van der Waals surface area contributed by atoms with Crippen LogP contribution in [-0.4, -0.2) is 4.98 Å². The molecule has 0 aliphatic rings. The smallest absolute Gasteiger partial charge is 0.125 e. The van der Waals surface area contributed by atoms with Crippen molar-refractivity contribution in [3.05, 3.63) is 69.7 Å². The molecule has 106 valence electrons. The molecule has 0 radical (unpaired) electrons. The molecular weight excluding hydrogens is 355 g/mol. The van der Waals surface area contributed by atoms with Gasteiger partial charge in [-0.1, -0.05) is 35.9 Å². The molecule has 0 amide bonds. The van der Waals surface area contributed by atoms with E-state index in [-0.39, 0.29) is 5.82 Å². The van der Waals surface area contributed by atoms with Crippen LogP contribution in [0.3, 0.4) is 0 Å². The summed E-state index contributed by atoms with van der Waals surface area (Å²) in [6.45, 7) is 0.554. The van der Waals surface area contributed by atoms with Gasteiger partial charge in [0.1, 0.15) is 5.82 Å². The molecule has 1 aromatic heterocycles. The van der Waals surface area contributed by atoms with E-state index >= 15 is 0 Å². The predicted molar refractivity (Wildman–Crippen MR) is 88.2 cm³/mol. The first-order valence-corrected chi connectivity index (χ1v) is 7.52. The molecule has 5 heteroatoms. The Morgan fingerprint density at radius 3 is 2.81 bits per heavy atom. The number of nitrogens with zero attached hydrogens (tertiary/aromatic N) is 1. The van der Waals surface area contributed by atoms with Crippen LogP contribution in [0.15, 0.2) is 53.3 Å². The lowest BCUT2D eigenvalue weighted by Gasteiger charge is -2.12. The van der Waals surface area contributed by atoms with Crippen LogP contribution in [0.5, 0.6) is 0 Å². The van der Waals surface area contributed by atoms with Gasteiger partial charge in [0.05, 0.1) is 10.7 Å². The minimum Gasteiger partial charge on any atom is -0.379 e. The van der Waals surface area contributed by atoms with E-state index in [0.29, 0.717) is 21.7 Å². The zero-order chi connectivity index (χ0) is 14.8. The van der Waals surface area contributed by atoms with Crippen molar-refractivity contribution in [3.8, 4) is 0 Å². The highest BCUT2D eigenvalue weighted by atomic mass is 79.9. The van der Waals surface area contributed by atoms with E-state index in [2.05, 4.69) is 32.3 Å². The number of fused-ring (bicyclic) bond motifs is 1. The van der Waals surface area contributed by atoms with Gasteiger partial charge >= 0.3 is 0 Å². The molecule has 0 bridgehead atoms. The second kappa shape index (κ2) is 6.00. The summed E-state index contributed by atoms with van der Waals surface area (Å²) in [5.74, 6) is -0.371. The predicted octanol–water partition coefficient (Wildman–Crippen LogP) is 5.40. The number of nitrogens with one attached hydrogen (secondary N) is 1. The van der Waals surface area contributed by atoms with Crippen molar-refractivity contribution in [1.82, 2.24) is 4.98 Å². The molecular formula is C16H11BrClFN2. The van der Waals surface area contributed by atoms with Gasteiger partial charge in [-0.2, -0.15) is 0 Å². The van der Waals surface area contributed by atoms with Gasteiger partial charge in [-0.3, -0.25) is 4.98 Å². The van der Waals surface area contributed by atoms with Crippen molar-refractivity contribution in [2.45, 2.75) is 6.54 Å². The van der Waals surface area contributed by atoms with Crippen LogP contribution < -0.4 is 5.32 Å². The molecule has 3 aromatic rings. The van der Waals surface area contributed by atoms with Crippen molar-refractivity contribution < 1.29 is 4.39 Å². The van der Waals surface area contributed by atoms with Crippen molar-refractivity contribution in [1.29, 1.82) is 0 Å². The molecule has 1 heterocycles. The number of aromatic nitrogens is 1. The van der Waals surface area contributed by atoms with Gasteiger partial charge in [-0.05, 0) is 39.0 Å². The minimum absolute atomic E-state index is 0.343. The molecule has 2 nitrogen and oxygen atoms in total. The summed E-state index contributed by atoms with van der Waals surface area (Å²) >= 11 is 9.39. The van der Waals surface area contributed by atoms with Crippen LogP contribution in [0.2, 0.25) is 5.02 Å². The third-order valence-electron chi connectivity index (χ3n) is 3.21. The van der Waals surface area contributed by atoms with Crippen molar-refractivity contribution in [3.63, 3.8) is 0 Å². The number of pyridine rings is 1. The summed E-state index contributed by atoms with van der Waals surface area (Å²) < 4.78 is 13.8. The Morgan fingerprint density at radius 2 is 2.00 bits per heavy atom. The summed E-state index contributed by atoms with van der Waals surface area (Å²) in [5.41, 5.74) is 1.73. The number of rotatable bonds is 3. The Morgan fingerprint density at radius 1 is 1.19 bits per heavy atom. The molecule has 0 fully saturated rings. The lowest BCUT2D eigenvalue weighted by molar-refractivity contribution is 0.627. The first-order chi connectivity index (χ1) is 10.1. The topological polar surface area (TPSA) is 24.9 Å². The van der Waals surface area contributed by atoms with Gasteiger partial charge < -0.3 is 5.32 Å². The SMILES string of the molecule is Fc1cc(Cl)c(NCc2cncc3ccccc23)c(Br)c1. The first-order valence-electron chi connectivity index (χ1n) is 6.35. The molecule has 0 aliphatic heterocycles. The van der Waals surface area contributed by atoms with Crippen molar-refractivity contribution in [2.75, 3.05) is 5.32 Å². The van der Waals surface area contributed by atoms with E-state index in [1.807, 2.05) is 30.6 Å². The van der Waals surface area contributed by atoms with E-state index < -0.39 is 0 Å². The normalized spacial score (nSPS) is 10.8. The second-order valence-electron chi connectivity index (χ2n) is 4.62. The molecule has 21 heavy (non-hydrogen) atoms. The van der Waals surface area contributed by atoms with Gasteiger partial charge in [-0.15, -0.1) is 0 Å². The molecule has 0 spiro atoms. The Hall–Kier alpha value is -1.65. The molecule has 0 unspecified atom stereocenters. The summed E-state index contributed by atoms with van der Waals surface area (Å²) in [7, 11) is 0. The summed E-state index contributed by atoms with van der Waals surface area (Å²) in [4.78, 5) is 4.24. The van der Waals surface area contributed by atoms with E-state index in [4.69, 9.17) is 11.6 Å². The zero-order valence-electron chi connectivity index (χ0n) is 10.9. The monoisotopic (exact) mass is 364 g/mol. The number of anilines is 1. The molecule has 3 rings (SSSR count). The van der Waals surface area contributed by atoms with Crippen LogP contribution >= 0.6 is 27.5 Å². The molecule has 0 saturated heterocycles. The lowest BCUT2D eigenvalue weighted by Crippen LogP contribution is -2.02. The number of hydrogen-bond acceptors (Lipinski definition) is 2. The molecule has 1 N–H and O–H groups in total. The highest BCUT2D eigenvalue weighted by molar-refractivity contribution is 9.10. The first kappa shape index (κ1) is 14.3. The Kier molecular flexibility index (Phi) is 4.08. The van der Waals surface area contributed by atoms with Gasteiger partial charge in [0.15, 0.2) is 0 Å². The molecule has 0 atom stereocenters. The Labute approximate surface area is 135 Å². The molecule has 0 saturated carbocycles. The fraction of sp³-hybridized carbons (Fsp3) is 0.0625. The third-order valence-corrected chi connectivity index (χ3v) is 4.14. The largest absolute Gasteiger partial charge is 0.379 e. The maximum Gasteiger partial charge on any atom is 0.125 e. The van der Waals surface area contributed by atoms with Crippen LogP contribution in [0.25, 0.3) is 10.8 Å². The summed E-state index contributed by atoms with van der Waals surface area (Å²) in [5, 5.41) is 5.79. The van der Waals surface area contributed by atoms with Gasteiger partial charge in [-0.25, -0.2) is 4.39 Å². The third kappa shape index (κ3) is 3.01. The fourth-order valence-electron chi connectivity index (χ4n) is 2.21. The Balaban J connectivity index is 1.91. The molecule has 0 aliphatic carbocycles. The summed E-state index contributed by atoms with van der Waals surface area (Å²) in [6, 6.07) is 10.7. The Bertz CT molecular complexity index is 779. The standard InChI is InChI=1S/C16H11BrClFN2/c17-14-5-12(19)6-15(18)16(14)21-9-11-8-20-7-10-3-1-2-4-13(10)11/h1-8,21H,9H2. The van der Waals surface area contributed by atoms with Crippen LogP contribution in [0, 0.1) is 5.82 Å². The minimum atomic E-state index is -0.371. The average Bonchev–Trinajstić information content (AvgIpc) is 2.46. The highest BCUT2D eigenvalue weighted by Gasteiger charge is 2.09. The average molecular weight is 366 g/mol. The van der Waals surface area contributed by atoms with Crippen LogP contribution in [0.4, 0.5) is 10.1 Å². The van der Waals surface area contributed by atoms with Gasteiger partial charge in [0.25, 0.3) is 0 Å². The van der Waals surface area contributed by atoms with E-state index in [1.165, 1.54) is 12.1 Å². The van der Waals surface area contributed by atoms with E-state index in [9.17, 15) is 4.39 Å². The maximum atomic E-state index is 13.2. The second-order valence-corrected chi connectivity index (χ2v) is 5.88. The number of benzene rings is 2. The van der Waals surface area contributed by atoms with Crippen LogP contribution in [0.1, 0.15) is 5.56 Å². The number of halogens is 3. The maximum absolute atomic E-state index is 13.2. The molecule has 2 aromatic carbocycles. The zero-order valence-corrected chi connectivity index (χ0v) is 13.2. The fourth-order valence-corrected chi connectivity index (χ4v) is 3.17.